The van der Waals surface area contributed by atoms with Crippen LogP contribution in [-0.4, -0.2) is 16.9 Å². The van der Waals surface area contributed by atoms with Gasteiger partial charge in [0.05, 0.1) is 21.8 Å². The Morgan fingerprint density at radius 1 is 0.793 bits per heavy atom. The van der Waals surface area contributed by atoms with Gasteiger partial charge >= 0.3 is 0 Å². The molecule has 0 bridgehead atoms. The Labute approximate surface area is 179 Å². The molecule has 0 aromatic heterocycles. The molecule has 7 heteroatoms. The summed E-state index contributed by atoms with van der Waals surface area (Å²) in [7, 11) is 0. The van der Waals surface area contributed by atoms with Crippen molar-refractivity contribution in [1.29, 1.82) is 0 Å². The zero-order chi connectivity index (χ0) is 20.6. The fourth-order valence-corrected chi connectivity index (χ4v) is 3.06. The predicted molar refractivity (Wildman–Crippen MR) is 119 cm³/mol. The van der Waals surface area contributed by atoms with Gasteiger partial charge in [0.2, 0.25) is 0 Å². The molecule has 2 amide bonds. The summed E-state index contributed by atoms with van der Waals surface area (Å²) in [5.74, 6) is -0.684. The lowest BCUT2D eigenvalue weighted by atomic mass is 10.1. The van der Waals surface area contributed by atoms with Crippen LogP contribution in [0.25, 0.3) is 0 Å². The van der Waals surface area contributed by atoms with E-state index in [1.54, 1.807) is 48.5 Å². The Kier molecular flexibility index (Phi) is 6.94. The maximum atomic E-state index is 12.6. The van der Waals surface area contributed by atoms with Crippen LogP contribution >= 0.6 is 23.8 Å². The van der Waals surface area contributed by atoms with Crippen LogP contribution in [0.5, 0.6) is 0 Å². The number of hydrogen-bond donors (Lipinski definition) is 3. The molecule has 0 radical (unpaired) electrons. The van der Waals surface area contributed by atoms with E-state index in [1.807, 2.05) is 30.3 Å². The molecular formula is C22H18ClN3O2S. The van der Waals surface area contributed by atoms with Gasteiger partial charge in [-0.2, -0.15) is 0 Å². The van der Waals surface area contributed by atoms with Crippen LogP contribution in [0.1, 0.15) is 26.3 Å². The van der Waals surface area contributed by atoms with Crippen LogP contribution in [0.15, 0.2) is 78.9 Å². The summed E-state index contributed by atoms with van der Waals surface area (Å²) >= 11 is 11.3. The zero-order valence-corrected chi connectivity index (χ0v) is 16.9. The summed E-state index contributed by atoms with van der Waals surface area (Å²) in [4.78, 5) is 25.0. The SMILES string of the molecule is O=C(NC(=S)Nc1ccccc1C(=O)NCc1ccccc1)c1ccccc1Cl. The smallest absolute Gasteiger partial charge is 0.258 e. The normalized spacial score (nSPS) is 10.1. The molecule has 3 N–H and O–H groups in total. The summed E-state index contributed by atoms with van der Waals surface area (Å²) in [5, 5.41) is 8.75. The Balaban J connectivity index is 1.65. The third kappa shape index (κ3) is 5.63. The molecule has 0 saturated heterocycles. The fraction of sp³-hybridized carbons (Fsp3) is 0.0455. The lowest BCUT2D eigenvalue weighted by Crippen LogP contribution is -2.35. The van der Waals surface area contributed by atoms with Gasteiger partial charge in [-0.1, -0.05) is 66.2 Å². The number of rotatable bonds is 5. The van der Waals surface area contributed by atoms with Gasteiger partial charge in [0.25, 0.3) is 11.8 Å². The number of thiocarbonyl (C=S) groups is 1. The Bertz CT molecular complexity index is 1040. The van der Waals surface area contributed by atoms with Gasteiger partial charge in [0.1, 0.15) is 0 Å². The van der Waals surface area contributed by atoms with Crippen LogP contribution in [-0.2, 0) is 6.54 Å². The highest BCUT2D eigenvalue weighted by molar-refractivity contribution is 7.80. The van der Waals surface area contributed by atoms with E-state index in [-0.39, 0.29) is 11.0 Å². The number of para-hydroxylation sites is 1. The van der Waals surface area contributed by atoms with Gasteiger partial charge in [-0.05, 0) is 42.0 Å². The molecule has 0 unspecified atom stereocenters. The zero-order valence-electron chi connectivity index (χ0n) is 15.3. The van der Waals surface area contributed by atoms with Crippen molar-refractivity contribution >= 4 is 46.4 Å². The number of anilines is 1. The van der Waals surface area contributed by atoms with E-state index < -0.39 is 5.91 Å². The van der Waals surface area contributed by atoms with Crippen molar-refractivity contribution in [2.24, 2.45) is 0 Å². The van der Waals surface area contributed by atoms with Crippen LogP contribution in [0, 0.1) is 0 Å². The van der Waals surface area contributed by atoms with Gasteiger partial charge in [-0.3, -0.25) is 14.9 Å². The first-order valence-electron chi connectivity index (χ1n) is 8.82. The van der Waals surface area contributed by atoms with Gasteiger partial charge in [-0.25, -0.2) is 0 Å². The van der Waals surface area contributed by atoms with Crippen molar-refractivity contribution < 1.29 is 9.59 Å². The quantitative estimate of drug-likeness (QED) is 0.532. The molecule has 146 valence electrons. The lowest BCUT2D eigenvalue weighted by molar-refractivity contribution is 0.0950. The second-order valence-electron chi connectivity index (χ2n) is 6.10. The number of nitrogens with one attached hydrogen (secondary N) is 3. The van der Waals surface area contributed by atoms with E-state index in [1.165, 1.54) is 0 Å². The third-order valence-corrected chi connectivity index (χ3v) is 4.60. The topological polar surface area (TPSA) is 70.2 Å². The van der Waals surface area contributed by atoms with Crippen molar-refractivity contribution in [1.82, 2.24) is 10.6 Å². The first-order valence-corrected chi connectivity index (χ1v) is 9.61. The third-order valence-electron chi connectivity index (χ3n) is 4.06. The fourth-order valence-electron chi connectivity index (χ4n) is 2.63. The molecule has 0 aliphatic rings. The van der Waals surface area contributed by atoms with Crippen LogP contribution in [0.3, 0.4) is 0 Å². The number of hydrogen-bond acceptors (Lipinski definition) is 3. The lowest BCUT2D eigenvalue weighted by Gasteiger charge is -2.14. The minimum atomic E-state index is -0.431. The van der Waals surface area contributed by atoms with Crippen LogP contribution < -0.4 is 16.0 Å². The van der Waals surface area contributed by atoms with E-state index in [4.69, 9.17) is 23.8 Å². The molecule has 3 aromatic rings. The average Bonchev–Trinajstić information content (AvgIpc) is 2.73. The Morgan fingerprint density at radius 2 is 1.41 bits per heavy atom. The van der Waals surface area contributed by atoms with E-state index in [2.05, 4.69) is 16.0 Å². The molecular weight excluding hydrogens is 406 g/mol. The average molecular weight is 424 g/mol. The number of halogens is 1. The summed E-state index contributed by atoms with van der Waals surface area (Å²) < 4.78 is 0. The number of amides is 2. The van der Waals surface area contributed by atoms with Crippen molar-refractivity contribution in [2.45, 2.75) is 6.54 Å². The molecule has 0 aliphatic carbocycles. The van der Waals surface area contributed by atoms with Gasteiger partial charge in [-0.15, -0.1) is 0 Å². The first kappa shape index (κ1) is 20.5. The van der Waals surface area contributed by atoms with Crippen molar-refractivity contribution in [2.75, 3.05) is 5.32 Å². The van der Waals surface area contributed by atoms with E-state index in [0.29, 0.717) is 28.4 Å². The largest absolute Gasteiger partial charge is 0.348 e. The van der Waals surface area contributed by atoms with E-state index in [0.717, 1.165) is 5.56 Å². The second kappa shape index (κ2) is 9.82. The first-order chi connectivity index (χ1) is 14.0. The molecule has 5 nitrogen and oxygen atoms in total. The summed E-state index contributed by atoms with van der Waals surface area (Å²) in [6.45, 7) is 0.404. The second-order valence-corrected chi connectivity index (χ2v) is 6.92. The summed E-state index contributed by atoms with van der Waals surface area (Å²) in [6, 6.07) is 23.2. The van der Waals surface area contributed by atoms with Gasteiger partial charge < -0.3 is 10.6 Å². The summed E-state index contributed by atoms with van der Waals surface area (Å²) in [6.07, 6.45) is 0. The Morgan fingerprint density at radius 3 is 2.14 bits per heavy atom. The number of benzene rings is 3. The van der Waals surface area contributed by atoms with Crippen LogP contribution in [0.4, 0.5) is 5.69 Å². The van der Waals surface area contributed by atoms with Crippen molar-refractivity contribution in [3.05, 3.63) is 101 Å². The molecule has 0 aliphatic heterocycles. The van der Waals surface area contributed by atoms with Gasteiger partial charge in [0, 0.05) is 6.54 Å². The summed E-state index contributed by atoms with van der Waals surface area (Å²) in [5.41, 5.74) is 2.21. The minimum absolute atomic E-state index is 0.0678. The molecule has 0 saturated carbocycles. The molecule has 0 heterocycles. The van der Waals surface area contributed by atoms with Crippen molar-refractivity contribution in [3.63, 3.8) is 0 Å². The predicted octanol–water partition coefficient (Wildman–Crippen LogP) is 4.40. The van der Waals surface area contributed by atoms with Crippen LogP contribution in [0.2, 0.25) is 5.02 Å². The highest BCUT2D eigenvalue weighted by Crippen LogP contribution is 2.17. The molecule has 29 heavy (non-hydrogen) atoms. The van der Waals surface area contributed by atoms with E-state index in [9.17, 15) is 9.59 Å². The Hall–Kier alpha value is -3.22. The number of carbonyl (C=O) groups is 2. The monoisotopic (exact) mass is 423 g/mol. The highest BCUT2D eigenvalue weighted by Gasteiger charge is 2.14. The standard InChI is InChI=1S/C22H18ClN3O2S/c23-18-12-6-4-10-16(18)21(28)26-22(29)25-19-13-7-5-11-17(19)20(27)24-14-15-8-2-1-3-9-15/h1-13H,14H2,(H,24,27)(H2,25,26,28,29). The minimum Gasteiger partial charge on any atom is -0.348 e. The molecule has 3 rings (SSSR count). The highest BCUT2D eigenvalue weighted by atomic mass is 35.5. The van der Waals surface area contributed by atoms with Gasteiger partial charge in [0.15, 0.2) is 5.11 Å². The molecule has 0 spiro atoms. The number of carbonyl (C=O) groups excluding carboxylic acids is 2. The maximum absolute atomic E-state index is 12.6. The molecule has 3 aromatic carbocycles. The van der Waals surface area contributed by atoms with Crippen molar-refractivity contribution in [3.8, 4) is 0 Å². The maximum Gasteiger partial charge on any atom is 0.258 e. The molecule has 0 fully saturated rings. The van der Waals surface area contributed by atoms with E-state index >= 15 is 0 Å². The molecule has 0 atom stereocenters.